The largest absolute Gasteiger partial charge is 0.486 e. The summed E-state index contributed by atoms with van der Waals surface area (Å²) in [5.74, 6) is 1.72. The molecule has 0 atom stereocenters. The number of ether oxygens (including phenoxy) is 2. The van der Waals surface area contributed by atoms with Crippen molar-refractivity contribution >= 4 is 11.7 Å². The molecule has 0 aromatic heterocycles. The van der Waals surface area contributed by atoms with Crippen LogP contribution in [0.3, 0.4) is 0 Å². The average molecular weight is 367 g/mol. The summed E-state index contributed by atoms with van der Waals surface area (Å²) in [6.07, 6.45) is 1.88. The summed E-state index contributed by atoms with van der Waals surface area (Å²) in [6.45, 7) is 3.95. The third-order valence-corrected chi connectivity index (χ3v) is 5.00. The van der Waals surface area contributed by atoms with Gasteiger partial charge in [0.25, 0.3) is 0 Å². The van der Waals surface area contributed by atoms with Gasteiger partial charge in [-0.15, -0.1) is 0 Å². The molecule has 0 unspecified atom stereocenters. The van der Waals surface area contributed by atoms with Crippen molar-refractivity contribution in [2.45, 2.75) is 25.4 Å². The molecule has 2 aliphatic rings. The number of nitrogens with zero attached hydrogens (tertiary/aromatic N) is 1. The first-order valence-corrected chi connectivity index (χ1v) is 9.50. The fourth-order valence-electron chi connectivity index (χ4n) is 3.61. The zero-order valence-electron chi connectivity index (χ0n) is 15.3. The summed E-state index contributed by atoms with van der Waals surface area (Å²) in [6, 6.07) is 15.7. The molecule has 2 heterocycles. The molecule has 6 heteroatoms. The zero-order chi connectivity index (χ0) is 18.5. The van der Waals surface area contributed by atoms with Gasteiger partial charge in [-0.2, -0.15) is 0 Å². The molecule has 0 spiro atoms. The van der Waals surface area contributed by atoms with Crippen LogP contribution in [0.15, 0.2) is 48.5 Å². The molecule has 2 aromatic carbocycles. The Balaban J connectivity index is 1.26. The molecule has 0 radical (unpaired) electrons. The number of carbonyl (C=O) groups excluding carboxylic acids is 1. The Labute approximate surface area is 159 Å². The van der Waals surface area contributed by atoms with Crippen molar-refractivity contribution in [3.8, 4) is 11.5 Å². The van der Waals surface area contributed by atoms with Crippen molar-refractivity contribution in [2.24, 2.45) is 0 Å². The van der Waals surface area contributed by atoms with Crippen LogP contribution in [0.1, 0.15) is 18.4 Å². The predicted molar refractivity (Wildman–Crippen MR) is 104 cm³/mol. The molecule has 142 valence electrons. The molecule has 6 nitrogen and oxygen atoms in total. The summed E-state index contributed by atoms with van der Waals surface area (Å²) in [5, 5.41) is 5.96. The normalized spacial score (nSPS) is 17.3. The van der Waals surface area contributed by atoms with Crippen molar-refractivity contribution in [1.82, 2.24) is 10.2 Å². The van der Waals surface area contributed by atoms with Gasteiger partial charge in [-0.1, -0.05) is 30.3 Å². The van der Waals surface area contributed by atoms with Crippen LogP contribution in [0.2, 0.25) is 0 Å². The van der Waals surface area contributed by atoms with Crippen LogP contribution in [-0.2, 0) is 6.54 Å². The second-order valence-electron chi connectivity index (χ2n) is 6.96. The van der Waals surface area contributed by atoms with E-state index >= 15 is 0 Å². The van der Waals surface area contributed by atoms with Gasteiger partial charge in [0, 0.05) is 36.9 Å². The van der Waals surface area contributed by atoms with E-state index in [0.29, 0.717) is 13.2 Å². The van der Waals surface area contributed by atoms with Gasteiger partial charge >= 0.3 is 6.03 Å². The minimum Gasteiger partial charge on any atom is -0.486 e. The zero-order valence-corrected chi connectivity index (χ0v) is 15.3. The lowest BCUT2D eigenvalue weighted by atomic mass is 10.0. The number of benzene rings is 2. The average Bonchev–Trinajstić information content (AvgIpc) is 2.70. The van der Waals surface area contributed by atoms with Crippen molar-refractivity contribution in [3.63, 3.8) is 0 Å². The second-order valence-corrected chi connectivity index (χ2v) is 6.96. The lowest BCUT2D eigenvalue weighted by molar-refractivity contribution is 0.160. The number of amides is 2. The number of urea groups is 1. The van der Waals surface area contributed by atoms with Gasteiger partial charge in [0.05, 0.1) is 0 Å². The van der Waals surface area contributed by atoms with Gasteiger partial charge < -0.3 is 20.1 Å². The summed E-state index contributed by atoms with van der Waals surface area (Å²) < 4.78 is 11.5. The Morgan fingerprint density at radius 2 is 1.78 bits per heavy atom. The van der Waals surface area contributed by atoms with Crippen LogP contribution < -0.4 is 20.1 Å². The predicted octanol–water partition coefficient (Wildman–Crippen LogP) is 3.24. The first-order chi connectivity index (χ1) is 13.3. The monoisotopic (exact) mass is 367 g/mol. The first kappa shape index (κ1) is 17.7. The molecule has 0 aliphatic carbocycles. The Morgan fingerprint density at radius 1 is 1.00 bits per heavy atom. The topological polar surface area (TPSA) is 62.8 Å². The maximum atomic E-state index is 12.1. The van der Waals surface area contributed by atoms with Gasteiger partial charge in [-0.25, -0.2) is 4.79 Å². The van der Waals surface area contributed by atoms with Gasteiger partial charge in [-0.3, -0.25) is 4.90 Å². The molecular formula is C21H25N3O3. The molecule has 2 aromatic rings. The van der Waals surface area contributed by atoms with E-state index in [1.165, 1.54) is 5.56 Å². The SMILES string of the molecule is O=C(Nc1ccccc1)NC1CCN(Cc2cccc3c2OCCO3)CC1. The smallest absolute Gasteiger partial charge is 0.319 e. The molecule has 0 saturated carbocycles. The van der Waals surface area contributed by atoms with Gasteiger partial charge in [0.2, 0.25) is 0 Å². The van der Waals surface area contributed by atoms with Gasteiger partial charge in [0.15, 0.2) is 11.5 Å². The van der Waals surface area contributed by atoms with Crippen molar-refractivity contribution in [3.05, 3.63) is 54.1 Å². The number of hydrogen-bond acceptors (Lipinski definition) is 4. The number of rotatable bonds is 4. The lowest BCUT2D eigenvalue weighted by Crippen LogP contribution is -2.45. The van der Waals surface area contributed by atoms with Crippen LogP contribution in [-0.4, -0.2) is 43.3 Å². The minimum absolute atomic E-state index is 0.137. The van der Waals surface area contributed by atoms with Crippen LogP contribution >= 0.6 is 0 Å². The van der Waals surface area contributed by atoms with E-state index in [9.17, 15) is 4.79 Å². The summed E-state index contributed by atoms with van der Waals surface area (Å²) in [4.78, 5) is 14.6. The van der Waals surface area contributed by atoms with E-state index in [1.807, 2.05) is 42.5 Å². The fraction of sp³-hybridized carbons (Fsp3) is 0.381. The third kappa shape index (κ3) is 4.52. The van der Waals surface area contributed by atoms with E-state index in [1.54, 1.807) is 0 Å². The summed E-state index contributed by atoms with van der Waals surface area (Å²) in [7, 11) is 0. The minimum atomic E-state index is -0.137. The van der Waals surface area contributed by atoms with E-state index in [4.69, 9.17) is 9.47 Å². The number of para-hydroxylation sites is 2. The Kier molecular flexibility index (Phi) is 5.44. The highest BCUT2D eigenvalue weighted by Crippen LogP contribution is 2.34. The van der Waals surface area contributed by atoms with E-state index in [2.05, 4.69) is 21.6 Å². The number of fused-ring (bicyclic) bond motifs is 1. The molecule has 2 aliphatic heterocycles. The fourth-order valence-corrected chi connectivity index (χ4v) is 3.61. The molecule has 4 rings (SSSR count). The molecule has 1 saturated heterocycles. The molecule has 1 fully saturated rings. The summed E-state index contributed by atoms with van der Waals surface area (Å²) in [5.41, 5.74) is 1.98. The molecule has 27 heavy (non-hydrogen) atoms. The molecular weight excluding hydrogens is 342 g/mol. The number of carbonyl (C=O) groups is 1. The van der Waals surface area contributed by atoms with E-state index in [-0.39, 0.29) is 12.1 Å². The Hall–Kier alpha value is -2.73. The first-order valence-electron chi connectivity index (χ1n) is 9.50. The quantitative estimate of drug-likeness (QED) is 0.871. The van der Waals surface area contributed by atoms with Crippen molar-refractivity contribution in [1.29, 1.82) is 0 Å². The van der Waals surface area contributed by atoms with Gasteiger partial charge in [0.1, 0.15) is 13.2 Å². The maximum Gasteiger partial charge on any atom is 0.319 e. The number of piperidine rings is 1. The number of anilines is 1. The summed E-state index contributed by atoms with van der Waals surface area (Å²) >= 11 is 0. The number of hydrogen-bond donors (Lipinski definition) is 2. The highest BCUT2D eigenvalue weighted by atomic mass is 16.6. The lowest BCUT2D eigenvalue weighted by Gasteiger charge is -2.33. The molecule has 0 bridgehead atoms. The Bertz CT molecular complexity index is 773. The van der Waals surface area contributed by atoms with Crippen LogP contribution in [0.5, 0.6) is 11.5 Å². The standard InChI is InChI=1S/C21H25N3O3/c25-21(22-17-6-2-1-3-7-17)23-18-9-11-24(12-10-18)15-16-5-4-8-19-20(16)27-14-13-26-19/h1-8,18H,9-15H2,(H2,22,23,25). The molecule has 2 amide bonds. The van der Waals surface area contributed by atoms with Crippen LogP contribution in [0.25, 0.3) is 0 Å². The van der Waals surface area contributed by atoms with Crippen LogP contribution in [0, 0.1) is 0 Å². The van der Waals surface area contributed by atoms with E-state index < -0.39 is 0 Å². The van der Waals surface area contributed by atoms with Gasteiger partial charge in [-0.05, 0) is 31.0 Å². The van der Waals surface area contributed by atoms with E-state index in [0.717, 1.165) is 49.7 Å². The highest BCUT2D eigenvalue weighted by molar-refractivity contribution is 5.89. The number of likely N-dealkylation sites (tertiary alicyclic amines) is 1. The third-order valence-electron chi connectivity index (χ3n) is 5.00. The molecule has 2 N–H and O–H groups in total. The maximum absolute atomic E-state index is 12.1. The van der Waals surface area contributed by atoms with Crippen LogP contribution in [0.4, 0.5) is 10.5 Å². The number of nitrogens with one attached hydrogen (secondary N) is 2. The van der Waals surface area contributed by atoms with Crippen molar-refractivity contribution < 1.29 is 14.3 Å². The highest BCUT2D eigenvalue weighted by Gasteiger charge is 2.23. The van der Waals surface area contributed by atoms with Crippen molar-refractivity contribution in [2.75, 3.05) is 31.6 Å². The Morgan fingerprint density at radius 3 is 2.59 bits per heavy atom. The second kappa shape index (κ2) is 8.31.